The van der Waals surface area contributed by atoms with Crippen LogP contribution in [0.4, 0.5) is 34.1 Å². The summed E-state index contributed by atoms with van der Waals surface area (Å²) in [7, 11) is 0. The Hall–Kier alpha value is -5.82. The third kappa shape index (κ3) is 5.83. The minimum Gasteiger partial charge on any atom is -0.486 e. The van der Waals surface area contributed by atoms with Crippen molar-refractivity contribution in [1.29, 1.82) is 0 Å². The zero-order valence-electron chi connectivity index (χ0n) is 37.4. The fourth-order valence-electron chi connectivity index (χ4n) is 11.7. The maximum Gasteiger partial charge on any atom is 0.252 e. The van der Waals surface area contributed by atoms with Gasteiger partial charge in [-0.2, -0.15) is 0 Å². The number of benzene rings is 6. The molecule has 0 saturated carbocycles. The van der Waals surface area contributed by atoms with E-state index < -0.39 is 0 Å². The smallest absolute Gasteiger partial charge is 0.252 e. The van der Waals surface area contributed by atoms with Crippen molar-refractivity contribution in [2.45, 2.75) is 86.5 Å². The summed E-state index contributed by atoms with van der Waals surface area (Å²) in [5.74, 6) is 3.13. The molecule has 0 unspecified atom stereocenters. The van der Waals surface area contributed by atoms with E-state index >= 15 is 0 Å². The summed E-state index contributed by atoms with van der Waals surface area (Å²) in [5.41, 5.74) is 22.4. The molecule has 0 radical (unpaired) electrons. The molecule has 0 fully saturated rings. The lowest BCUT2D eigenvalue weighted by molar-refractivity contribution is 0.171. The van der Waals surface area contributed by atoms with Crippen molar-refractivity contribution in [3.05, 3.63) is 124 Å². The zero-order valence-corrected chi connectivity index (χ0v) is 37.4. The summed E-state index contributed by atoms with van der Waals surface area (Å²) < 4.78 is 25.1. The Labute approximate surface area is 366 Å². The summed E-state index contributed by atoms with van der Waals surface area (Å²) in [6.07, 6.45) is 4.32. The molecule has 0 amide bonds. The van der Waals surface area contributed by atoms with Gasteiger partial charge in [-0.3, -0.25) is 0 Å². The second-order valence-corrected chi connectivity index (χ2v) is 21.3. The molecule has 12 rings (SSSR count). The van der Waals surface area contributed by atoms with Gasteiger partial charge in [0.15, 0.2) is 23.0 Å². The number of hydrogen-bond acceptors (Lipinski definition) is 6. The first-order chi connectivity index (χ1) is 29.7. The molecule has 62 heavy (non-hydrogen) atoms. The van der Waals surface area contributed by atoms with Gasteiger partial charge >= 0.3 is 0 Å². The molecule has 0 N–H and O–H groups in total. The van der Waals surface area contributed by atoms with Gasteiger partial charge in [-0.15, -0.1) is 0 Å². The van der Waals surface area contributed by atoms with Crippen LogP contribution in [-0.4, -0.2) is 33.1 Å². The number of nitrogens with zero attached hydrogens (tertiary/aromatic N) is 2. The van der Waals surface area contributed by atoms with E-state index in [-0.39, 0.29) is 23.0 Å². The monoisotopic (exact) mass is 818 g/mol. The first-order valence-corrected chi connectivity index (χ1v) is 22.7. The van der Waals surface area contributed by atoms with Crippen LogP contribution in [0.15, 0.2) is 91.0 Å². The summed E-state index contributed by atoms with van der Waals surface area (Å²) in [6.45, 7) is 21.0. The maximum absolute atomic E-state index is 6.42. The van der Waals surface area contributed by atoms with E-state index in [2.05, 4.69) is 156 Å². The average molecular weight is 819 g/mol. The van der Waals surface area contributed by atoms with Crippen molar-refractivity contribution in [2.75, 3.05) is 36.2 Å². The Kier molecular flexibility index (Phi) is 8.01. The zero-order chi connectivity index (χ0) is 42.4. The van der Waals surface area contributed by atoms with Gasteiger partial charge in [-0.05, 0) is 152 Å². The minimum absolute atomic E-state index is 0.0479. The van der Waals surface area contributed by atoms with Crippen molar-refractivity contribution in [1.82, 2.24) is 0 Å². The summed E-state index contributed by atoms with van der Waals surface area (Å²) in [5, 5.41) is 0. The van der Waals surface area contributed by atoms with E-state index in [0.717, 1.165) is 65.7 Å². The van der Waals surface area contributed by atoms with Crippen molar-refractivity contribution >= 4 is 57.2 Å². The van der Waals surface area contributed by atoms with E-state index in [1.54, 1.807) is 0 Å². The van der Waals surface area contributed by atoms with Gasteiger partial charge in [-0.1, -0.05) is 84.9 Å². The fourth-order valence-corrected chi connectivity index (χ4v) is 11.7. The molecule has 312 valence electrons. The van der Waals surface area contributed by atoms with E-state index in [1.807, 2.05) is 0 Å². The van der Waals surface area contributed by atoms with Crippen LogP contribution in [0.2, 0.25) is 0 Å². The summed E-state index contributed by atoms with van der Waals surface area (Å²) in [4.78, 5) is 5.10. The molecule has 0 spiro atoms. The van der Waals surface area contributed by atoms with Gasteiger partial charge in [-0.25, -0.2) is 0 Å². The van der Waals surface area contributed by atoms with E-state index in [1.165, 1.54) is 78.0 Å². The van der Waals surface area contributed by atoms with Crippen LogP contribution in [0, 0.1) is 17.8 Å². The van der Waals surface area contributed by atoms with Crippen LogP contribution in [0.5, 0.6) is 23.0 Å². The lowest BCUT2D eigenvalue weighted by atomic mass is 9.33. The number of rotatable bonds is 3. The van der Waals surface area contributed by atoms with Crippen molar-refractivity contribution in [3.63, 3.8) is 0 Å². The van der Waals surface area contributed by atoms with Crippen molar-refractivity contribution in [2.24, 2.45) is 10.8 Å². The number of fused-ring (bicyclic) bond motifs is 8. The average Bonchev–Trinajstić information content (AvgIpc) is 3.74. The van der Waals surface area contributed by atoms with Gasteiger partial charge in [0.2, 0.25) is 0 Å². The van der Waals surface area contributed by atoms with Crippen molar-refractivity contribution in [3.8, 4) is 34.1 Å². The lowest BCUT2D eigenvalue weighted by Gasteiger charge is -2.45. The van der Waals surface area contributed by atoms with Gasteiger partial charge in [0.05, 0.1) is 5.69 Å². The Morgan fingerprint density at radius 2 is 1.11 bits per heavy atom. The molecular formula is C55H55BN2O4. The molecule has 6 aliphatic rings. The van der Waals surface area contributed by atoms with Crippen LogP contribution in [0.3, 0.4) is 0 Å². The molecule has 0 atom stereocenters. The lowest BCUT2D eigenvalue weighted by Crippen LogP contribution is -2.61. The van der Waals surface area contributed by atoms with Crippen molar-refractivity contribution < 1.29 is 18.9 Å². The molecule has 6 nitrogen and oxygen atoms in total. The second-order valence-electron chi connectivity index (χ2n) is 21.3. The molecule has 0 bridgehead atoms. The summed E-state index contributed by atoms with van der Waals surface area (Å²) in [6, 6.07) is 35.0. The quantitative estimate of drug-likeness (QED) is 0.166. The SMILES string of the molecule is Cc1c2c(cc3c1N(c1ccc4c(c1)CC(C)(C)C4)c1cc(-c4ccc(C(C)(C)C)cc4)cc4c1B3c1cc3c(cc1N4c1ccc4c(c1)OCCO4)OCCO3)CC(C)(C)C2. The highest BCUT2D eigenvalue weighted by molar-refractivity contribution is 7.00. The molecule has 2 aliphatic carbocycles. The predicted octanol–water partition coefficient (Wildman–Crippen LogP) is 10.8. The van der Waals surface area contributed by atoms with E-state index in [4.69, 9.17) is 18.9 Å². The molecule has 6 aromatic rings. The largest absolute Gasteiger partial charge is 0.486 e. The molecule has 0 aromatic heterocycles. The predicted molar refractivity (Wildman–Crippen MR) is 254 cm³/mol. The molecule has 4 heterocycles. The van der Waals surface area contributed by atoms with Crippen LogP contribution in [-0.2, 0) is 31.1 Å². The number of ether oxygens (including phenoxy) is 4. The van der Waals surface area contributed by atoms with E-state index in [0.29, 0.717) is 26.4 Å². The maximum atomic E-state index is 6.42. The standard InChI is InChI=1S/C55H55BN2O4/c1-32-41-31-55(7,8)30-37(41)22-43-52(32)58(39-14-11-34-28-54(5,6)29-36(34)21-39)46-24-35(33-9-12-38(13-10-33)53(2,3)4)23-45-51(46)56(43)42-26-49-50(62-20-19-61-49)27-44(42)57(45)40-15-16-47-48(25-40)60-18-17-59-47/h9-16,21-27H,17-20,28-31H2,1-8H3. The molecule has 0 saturated heterocycles. The topological polar surface area (TPSA) is 43.4 Å². The van der Waals surface area contributed by atoms with Crippen LogP contribution < -0.4 is 45.1 Å². The minimum atomic E-state index is -0.0519. The Balaban J connectivity index is 1.19. The molecule has 6 aromatic carbocycles. The third-order valence-electron chi connectivity index (χ3n) is 14.5. The first-order valence-electron chi connectivity index (χ1n) is 22.7. The normalized spacial score (nSPS) is 18.2. The van der Waals surface area contributed by atoms with E-state index in [9.17, 15) is 0 Å². The van der Waals surface area contributed by atoms with Gasteiger partial charge < -0.3 is 28.7 Å². The molecular weight excluding hydrogens is 763 g/mol. The number of anilines is 6. The van der Waals surface area contributed by atoms with Gasteiger partial charge in [0.1, 0.15) is 26.4 Å². The Bertz CT molecular complexity index is 2890. The first kappa shape index (κ1) is 37.9. The number of hydrogen-bond donors (Lipinski definition) is 0. The summed E-state index contributed by atoms with van der Waals surface area (Å²) >= 11 is 0. The van der Waals surface area contributed by atoms with Crippen LogP contribution in [0.25, 0.3) is 11.1 Å². The highest BCUT2D eigenvalue weighted by atomic mass is 16.6. The van der Waals surface area contributed by atoms with Crippen LogP contribution >= 0.6 is 0 Å². The third-order valence-corrected chi connectivity index (χ3v) is 14.5. The Morgan fingerprint density at radius 3 is 1.84 bits per heavy atom. The fraction of sp³-hybridized carbons (Fsp3) is 0.345. The van der Waals surface area contributed by atoms with Crippen LogP contribution in [0.1, 0.15) is 81.8 Å². The highest BCUT2D eigenvalue weighted by Gasteiger charge is 2.47. The highest BCUT2D eigenvalue weighted by Crippen LogP contribution is 2.52. The molecule has 4 aliphatic heterocycles. The van der Waals surface area contributed by atoms with Gasteiger partial charge in [0, 0.05) is 40.6 Å². The Morgan fingerprint density at radius 1 is 0.516 bits per heavy atom. The molecule has 7 heteroatoms. The van der Waals surface area contributed by atoms with Gasteiger partial charge in [0.25, 0.3) is 6.71 Å². The second kappa shape index (κ2) is 13.1.